The second kappa shape index (κ2) is 11.5. The topological polar surface area (TPSA) is 60.7 Å². The van der Waals surface area contributed by atoms with Gasteiger partial charge in [0.05, 0.1) is 5.56 Å². The largest absolute Gasteiger partial charge is 0.478 e. The molecule has 186 valence electrons. The van der Waals surface area contributed by atoms with E-state index < -0.39 is 5.97 Å². The van der Waals surface area contributed by atoms with Gasteiger partial charge in [-0.25, -0.2) is 9.18 Å². The van der Waals surface area contributed by atoms with Crippen molar-refractivity contribution in [2.45, 2.75) is 33.4 Å². The monoisotopic (exact) mass is 478 g/mol. The molecule has 0 radical (unpaired) electrons. The number of carbonyl (C=O) groups is 1. The molecule has 35 heavy (non-hydrogen) atoms. The molecule has 0 atom stereocenters. The van der Waals surface area contributed by atoms with Crippen LogP contribution < -0.4 is 10.2 Å². The van der Waals surface area contributed by atoms with Gasteiger partial charge in [-0.15, -0.1) is 0 Å². The summed E-state index contributed by atoms with van der Waals surface area (Å²) in [5.41, 5.74) is 5.10. The highest BCUT2D eigenvalue weighted by Gasteiger charge is 2.22. The summed E-state index contributed by atoms with van der Waals surface area (Å²) in [5, 5.41) is 13.3. The predicted octanol–water partition coefficient (Wildman–Crippen LogP) is 4.29. The first-order chi connectivity index (χ1) is 16.9. The summed E-state index contributed by atoms with van der Waals surface area (Å²) < 4.78 is 15.3. The highest BCUT2D eigenvalue weighted by atomic mass is 19.1. The van der Waals surface area contributed by atoms with Gasteiger partial charge in [-0.2, -0.15) is 0 Å². The van der Waals surface area contributed by atoms with E-state index in [1.165, 1.54) is 17.8 Å². The standard InChI is InChI=1S/C28H35FN4O2/c1-21-26(27(28(34)35)22(2)33(21)20-23-9-11-24(29)12-10-23)19-30-13-6-14-31-15-17-32(18-16-31)25-7-4-3-5-8-25/h3-5,7-12,30H,6,13-20H2,1-2H3,(H,34,35). The second-order valence-electron chi connectivity index (χ2n) is 9.24. The van der Waals surface area contributed by atoms with Crippen LogP contribution in [-0.4, -0.2) is 59.8 Å². The predicted molar refractivity (Wildman–Crippen MR) is 138 cm³/mol. The molecule has 1 saturated heterocycles. The van der Waals surface area contributed by atoms with Crippen molar-refractivity contribution in [3.8, 4) is 0 Å². The molecule has 0 bridgehead atoms. The molecule has 3 aromatic rings. The number of carboxylic acids is 1. The average Bonchev–Trinajstić information content (AvgIpc) is 3.10. The number of anilines is 1. The van der Waals surface area contributed by atoms with Crippen LogP contribution in [0.25, 0.3) is 0 Å². The van der Waals surface area contributed by atoms with Crippen LogP contribution >= 0.6 is 0 Å². The smallest absolute Gasteiger partial charge is 0.337 e. The van der Waals surface area contributed by atoms with Gasteiger partial charge in [0.1, 0.15) is 5.82 Å². The Balaban J connectivity index is 1.28. The molecule has 7 heteroatoms. The molecule has 0 aliphatic carbocycles. The molecule has 0 spiro atoms. The van der Waals surface area contributed by atoms with E-state index in [1.807, 2.05) is 18.4 Å². The Morgan fingerprint density at radius 2 is 1.66 bits per heavy atom. The fourth-order valence-corrected chi connectivity index (χ4v) is 4.97. The molecule has 6 nitrogen and oxygen atoms in total. The van der Waals surface area contributed by atoms with Gasteiger partial charge in [0.2, 0.25) is 0 Å². The third-order valence-electron chi connectivity index (χ3n) is 7.00. The Bertz CT molecular complexity index is 1120. The van der Waals surface area contributed by atoms with Crippen molar-refractivity contribution in [2.24, 2.45) is 0 Å². The van der Waals surface area contributed by atoms with Crippen molar-refractivity contribution in [3.05, 3.63) is 88.5 Å². The molecular weight excluding hydrogens is 443 g/mol. The Hall–Kier alpha value is -3.16. The number of hydrogen-bond donors (Lipinski definition) is 2. The number of para-hydroxylation sites is 1. The third kappa shape index (κ3) is 6.10. The summed E-state index contributed by atoms with van der Waals surface area (Å²) >= 11 is 0. The van der Waals surface area contributed by atoms with E-state index in [-0.39, 0.29) is 5.82 Å². The summed E-state index contributed by atoms with van der Waals surface area (Å²) in [5.74, 6) is -1.18. The van der Waals surface area contributed by atoms with Crippen LogP contribution in [0.4, 0.5) is 10.1 Å². The van der Waals surface area contributed by atoms with Crippen LogP contribution in [0.5, 0.6) is 0 Å². The zero-order valence-corrected chi connectivity index (χ0v) is 20.6. The molecule has 1 aliphatic heterocycles. The van der Waals surface area contributed by atoms with Crippen LogP contribution in [-0.2, 0) is 13.1 Å². The first kappa shape index (κ1) is 24.9. The van der Waals surface area contributed by atoms with Crippen LogP contribution in [0.15, 0.2) is 54.6 Å². The summed E-state index contributed by atoms with van der Waals surface area (Å²) in [7, 11) is 0. The number of aromatic nitrogens is 1. The number of halogens is 1. The number of carboxylic acid groups (broad SMARTS) is 1. The maximum absolute atomic E-state index is 13.3. The zero-order chi connectivity index (χ0) is 24.8. The van der Waals surface area contributed by atoms with E-state index in [9.17, 15) is 14.3 Å². The van der Waals surface area contributed by atoms with Gasteiger partial charge in [0.25, 0.3) is 0 Å². The van der Waals surface area contributed by atoms with Crippen LogP contribution in [0, 0.1) is 19.7 Å². The van der Waals surface area contributed by atoms with Gasteiger partial charge in [0, 0.05) is 61.9 Å². The van der Waals surface area contributed by atoms with Gasteiger partial charge in [-0.1, -0.05) is 30.3 Å². The number of nitrogens with one attached hydrogen (secondary N) is 1. The SMILES string of the molecule is Cc1c(CNCCCN2CCN(c3ccccc3)CC2)c(C(=O)O)c(C)n1Cc1ccc(F)cc1. The normalized spacial score (nSPS) is 14.4. The lowest BCUT2D eigenvalue weighted by Gasteiger charge is -2.36. The minimum absolute atomic E-state index is 0.274. The molecule has 0 unspecified atom stereocenters. The quantitative estimate of drug-likeness (QED) is 0.426. The lowest BCUT2D eigenvalue weighted by atomic mass is 10.1. The van der Waals surface area contributed by atoms with Crippen molar-refractivity contribution >= 4 is 11.7 Å². The van der Waals surface area contributed by atoms with E-state index in [0.717, 1.165) is 68.2 Å². The number of piperazine rings is 1. The molecule has 0 amide bonds. The molecular formula is C28H35FN4O2. The van der Waals surface area contributed by atoms with Crippen LogP contribution in [0.3, 0.4) is 0 Å². The van der Waals surface area contributed by atoms with E-state index in [4.69, 9.17) is 0 Å². The lowest BCUT2D eigenvalue weighted by Crippen LogP contribution is -2.46. The Morgan fingerprint density at radius 1 is 0.971 bits per heavy atom. The molecule has 4 rings (SSSR count). The first-order valence-corrected chi connectivity index (χ1v) is 12.3. The molecule has 2 heterocycles. The van der Waals surface area contributed by atoms with E-state index >= 15 is 0 Å². The van der Waals surface area contributed by atoms with Gasteiger partial charge < -0.3 is 19.9 Å². The lowest BCUT2D eigenvalue weighted by molar-refractivity contribution is 0.0694. The van der Waals surface area contributed by atoms with Crippen molar-refractivity contribution in [1.82, 2.24) is 14.8 Å². The molecule has 2 aromatic carbocycles. The van der Waals surface area contributed by atoms with Gasteiger partial charge in [0.15, 0.2) is 0 Å². The second-order valence-corrected chi connectivity index (χ2v) is 9.24. The Labute approximate surface area is 207 Å². The van der Waals surface area contributed by atoms with Gasteiger partial charge in [-0.05, 0) is 63.2 Å². The van der Waals surface area contributed by atoms with E-state index in [2.05, 4.69) is 45.4 Å². The van der Waals surface area contributed by atoms with Crippen molar-refractivity contribution in [1.29, 1.82) is 0 Å². The number of nitrogens with zero attached hydrogens (tertiary/aromatic N) is 3. The number of rotatable bonds is 10. The summed E-state index contributed by atoms with van der Waals surface area (Å²) in [6.45, 7) is 10.9. The Morgan fingerprint density at radius 3 is 2.31 bits per heavy atom. The first-order valence-electron chi connectivity index (χ1n) is 12.3. The highest BCUT2D eigenvalue weighted by molar-refractivity contribution is 5.91. The van der Waals surface area contributed by atoms with E-state index in [0.29, 0.717) is 18.7 Å². The van der Waals surface area contributed by atoms with Gasteiger partial charge in [-0.3, -0.25) is 4.90 Å². The highest BCUT2D eigenvalue weighted by Crippen LogP contribution is 2.24. The van der Waals surface area contributed by atoms with Gasteiger partial charge >= 0.3 is 5.97 Å². The van der Waals surface area contributed by atoms with Crippen LogP contribution in [0.2, 0.25) is 0 Å². The molecule has 1 fully saturated rings. The van der Waals surface area contributed by atoms with Crippen molar-refractivity contribution in [2.75, 3.05) is 44.2 Å². The third-order valence-corrected chi connectivity index (χ3v) is 7.00. The summed E-state index contributed by atoms with van der Waals surface area (Å²) in [6, 6.07) is 16.9. The minimum atomic E-state index is -0.906. The molecule has 1 aliphatic rings. The summed E-state index contributed by atoms with van der Waals surface area (Å²) in [4.78, 5) is 17.0. The molecule has 1 aromatic heterocycles. The maximum Gasteiger partial charge on any atom is 0.337 e. The zero-order valence-electron chi connectivity index (χ0n) is 20.6. The number of hydrogen-bond acceptors (Lipinski definition) is 4. The van der Waals surface area contributed by atoms with Crippen molar-refractivity contribution in [3.63, 3.8) is 0 Å². The van der Waals surface area contributed by atoms with E-state index in [1.54, 1.807) is 12.1 Å². The fourth-order valence-electron chi connectivity index (χ4n) is 4.97. The minimum Gasteiger partial charge on any atom is -0.478 e. The molecule has 2 N–H and O–H groups in total. The summed E-state index contributed by atoms with van der Waals surface area (Å²) in [6.07, 6.45) is 1.02. The van der Waals surface area contributed by atoms with Crippen molar-refractivity contribution < 1.29 is 14.3 Å². The number of aromatic carboxylic acids is 1. The Kier molecular flexibility index (Phi) is 8.21. The van der Waals surface area contributed by atoms with Crippen LogP contribution in [0.1, 0.15) is 39.3 Å². The number of benzene rings is 2. The average molecular weight is 479 g/mol. The maximum atomic E-state index is 13.3. The fraction of sp³-hybridized carbons (Fsp3) is 0.393. The molecule has 0 saturated carbocycles.